The Bertz CT molecular complexity index is 1420. The Balaban J connectivity index is 1.41. The molecule has 1 heterocycles. The van der Waals surface area contributed by atoms with E-state index in [4.69, 9.17) is 10.3 Å². The van der Waals surface area contributed by atoms with Crippen molar-refractivity contribution < 1.29 is 23.6 Å². The van der Waals surface area contributed by atoms with Crippen LogP contribution in [-0.2, 0) is 9.09 Å². The normalized spacial score (nSPS) is 12.5. The number of thiophene rings is 1. The first kappa shape index (κ1) is 25.3. The average Bonchev–Trinajstić information content (AvgIpc) is 3.41. The Morgan fingerprint density at radius 2 is 1.58 bits per heavy atom. The van der Waals surface area contributed by atoms with Crippen molar-refractivity contribution in [2.75, 3.05) is 23.0 Å². The molecule has 10 heteroatoms. The molecule has 36 heavy (non-hydrogen) atoms. The summed E-state index contributed by atoms with van der Waals surface area (Å²) in [6.07, 6.45) is 0. The molecule has 0 bridgehead atoms. The SMILES string of the molecule is CCOP(=O)(O)c1ccc(NC(=O)c2ccc(C(=O)Nc3cc(-c4cccs4)ccc3N)cc2)cc1. The average molecular weight is 522 g/mol. The van der Waals surface area contributed by atoms with E-state index in [1.165, 1.54) is 24.3 Å². The standard InChI is InChI=1S/C26H24N3O5PS/c1-2-34-35(32,33)21-12-10-20(11-13-21)28-25(30)17-5-7-18(8-6-17)26(31)29-23-16-19(9-14-22(23)27)24-4-3-15-36-24/h3-16H,2,27H2,1H3,(H,28,30)(H,29,31)(H,32,33). The minimum absolute atomic E-state index is 0.106. The number of carbonyl (C=O) groups excluding carboxylic acids is 2. The third-order valence-corrected chi connectivity index (χ3v) is 7.75. The van der Waals surface area contributed by atoms with Crippen molar-refractivity contribution in [3.63, 3.8) is 0 Å². The molecule has 3 aromatic carbocycles. The minimum Gasteiger partial charge on any atom is -0.397 e. The summed E-state index contributed by atoms with van der Waals surface area (Å²) in [4.78, 5) is 36.3. The third-order valence-electron chi connectivity index (χ3n) is 5.27. The topological polar surface area (TPSA) is 131 Å². The van der Waals surface area contributed by atoms with Crippen LogP contribution in [0.4, 0.5) is 17.1 Å². The van der Waals surface area contributed by atoms with Gasteiger partial charge in [0.15, 0.2) is 0 Å². The maximum absolute atomic E-state index is 12.8. The second-order valence-electron chi connectivity index (χ2n) is 7.75. The second-order valence-corrected chi connectivity index (χ2v) is 10.5. The zero-order valence-corrected chi connectivity index (χ0v) is 21.0. The molecule has 0 aliphatic heterocycles. The monoisotopic (exact) mass is 521 g/mol. The van der Waals surface area contributed by atoms with Crippen molar-refractivity contribution in [3.05, 3.63) is 95.4 Å². The lowest BCUT2D eigenvalue weighted by Crippen LogP contribution is -2.15. The predicted molar refractivity (Wildman–Crippen MR) is 144 cm³/mol. The number of nitrogens with one attached hydrogen (secondary N) is 2. The third kappa shape index (κ3) is 5.90. The highest BCUT2D eigenvalue weighted by Crippen LogP contribution is 2.40. The summed E-state index contributed by atoms with van der Waals surface area (Å²) in [5, 5.41) is 7.66. The van der Waals surface area contributed by atoms with Crippen LogP contribution in [0.1, 0.15) is 27.6 Å². The van der Waals surface area contributed by atoms with Gasteiger partial charge < -0.3 is 25.8 Å². The van der Waals surface area contributed by atoms with Crippen molar-refractivity contribution >= 4 is 53.1 Å². The fraction of sp³-hybridized carbons (Fsp3) is 0.0769. The van der Waals surface area contributed by atoms with Gasteiger partial charge in [-0.25, -0.2) is 0 Å². The second kappa shape index (κ2) is 10.9. The van der Waals surface area contributed by atoms with Crippen LogP contribution in [0.15, 0.2) is 84.2 Å². The number of benzene rings is 3. The minimum atomic E-state index is -3.87. The van der Waals surface area contributed by atoms with Gasteiger partial charge in [-0.05, 0) is 84.6 Å². The van der Waals surface area contributed by atoms with Crippen molar-refractivity contribution in [2.45, 2.75) is 6.92 Å². The predicted octanol–water partition coefficient (Wildman–Crippen LogP) is 5.35. The number of nitrogen functional groups attached to an aromatic ring is 1. The molecule has 184 valence electrons. The summed E-state index contributed by atoms with van der Waals surface area (Å²) < 4.78 is 17.0. The van der Waals surface area contributed by atoms with Gasteiger partial charge in [-0.2, -0.15) is 0 Å². The molecule has 8 nitrogen and oxygen atoms in total. The zero-order valence-electron chi connectivity index (χ0n) is 19.3. The van der Waals surface area contributed by atoms with Gasteiger partial charge in [0.1, 0.15) is 0 Å². The molecule has 2 amide bonds. The molecule has 0 aliphatic carbocycles. The van der Waals surface area contributed by atoms with Gasteiger partial charge in [-0.3, -0.25) is 14.2 Å². The maximum atomic E-state index is 12.8. The van der Waals surface area contributed by atoms with E-state index in [0.29, 0.717) is 28.2 Å². The van der Waals surface area contributed by atoms with Gasteiger partial charge in [0.05, 0.1) is 23.3 Å². The van der Waals surface area contributed by atoms with Crippen LogP contribution in [0.2, 0.25) is 0 Å². The Morgan fingerprint density at radius 3 is 2.17 bits per heavy atom. The fourth-order valence-corrected chi connectivity index (χ4v) is 5.16. The Kier molecular flexibility index (Phi) is 7.67. The Morgan fingerprint density at radius 1 is 0.944 bits per heavy atom. The highest BCUT2D eigenvalue weighted by molar-refractivity contribution is 7.61. The quantitative estimate of drug-likeness (QED) is 0.183. The first-order valence-electron chi connectivity index (χ1n) is 11.0. The van der Waals surface area contributed by atoms with E-state index in [2.05, 4.69) is 10.6 Å². The van der Waals surface area contributed by atoms with E-state index in [1.807, 2.05) is 29.6 Å². The van der Waals surface area contributed by atoms with Crippen molar-refractivity contribution in [3.8, 4) is 10.4 Å². The number of nitrogens with two attached hydrogens (primary N) is 1. The summed E-state index contributed by atoms with van der Waals surface area (Å²) in [5.74, 6) is -0.741. The van der Waals surface area contributed by atoms with E-state index in [0.717, 1.165) is 10.4 Å². The fourth-order valence-electron chi connectivity index (χ4n) is 3.41. The maximum Gasteiger partial charge on any atom is 0.358 e. The van der Waals surface area contributed by atoms with E-state index in [1.54, 1.807) is 48.6 Å². The zero-order chi connectivity index (χ0) is 25.7. The largest absolute Gasteiger partial charge is 0.397 e. The summed E-state index contributed by atoms with van der Waals surface area (Å²) in [6, 6.07) is 21.5. The van der Waals surface area contributed by atoms with Crippen LogP contribution in [0.3, 0.4) is 0 Å². The van der Waals surface area contributed by atoms with E-state index in [-0.39, 0.29) is 23.7 Å². The molecule has 0 spiro atoms. The molecular weight excluding hydrogens is 497 g/mol. The molecule has 0 radical (unpaired) electrons. The molecule has 1 unspecified atom stereocenters. The number of amides is 2. The number of carbonyl (C=O) groups is 2. The van der Waals surface area contributed by atoms with Gasteiger partial charge >= 0.3 is 7.60 Å². The molecule has 4 rings (SSSR count). The molecule has 4 aromatic rings. The Labute approximate surface area is 212 Å². The first-order valence-corrected chi connectivity index (χ1v) is 13.5. The first-order chi connectivity index (χ1) is 17.3. The molecule has 1 aromatic heterocycles. The van der Waals surface area contributed by atoms with Gasteiger partial charge in [0, 0.05) is 21.7 Å². The molecule has 0 aliphatic rings. The van der Waals surface area contributed by atoms with Crippen molar-refractivity contribution in [2.24, 2.45) is 0 Å². The van der Waals surface area contributed by atoms with Crippen LogP contribution in [-0.4, -0.2) is 23.3 Å². The van der Waals surface area contributed by atoms with Gasteiger partial charge in [-0.1, -0.05) is 12.1 Å². The number of anilines is 3. The van der Waals surface area contributed by atoms with Gasteiger partial charge in [0.25, 0.3) is 11.8 Å². The molecule has 0 saturated heterocycles. The van der Waals surface area contributed by atoms with Gasteiger partial charge in [-0.15, -0.1) is 11.3 Å². The number of hydrogen-bond acceptors (Lipinski definition) is 6. The van der Waals surface area contributed by atoms with Crippen LogP contribution in [0.25, 0.3) is 10.4 Å². The summed E-state index contributed by atoms with van der Waals surface area (Å²) in [5.41, 5.74) is 9.12. The van der Waals surface area contributed by atoms with Crippen LogP contribution >= 0.6 is 18.9 Å². The number of rotatable bonds is 8. The molecular formula is C26H24N3O5PS. The van der Waals surface area contributed by atoms with Crippen molar-refractivity contribution in [1.82, 2.24) is 0 Å². The molecule has 0 fully saturated rings. The van der Waals surface area contributed by atoms with E-state index < -0.39 is 7.60 Å². The lowest BCUT2D eigenvalue weighted by atomic mass is 10.1. The van der Waals surface area contributed by atoms with Crippen LogP contribution < -0.4 is 21.7 Å². The number of hydrogen-bond donors (Lipinski definition) is 4. The van der Waals surface area contributed by atoms with Gasteiger partial charge in [0.2, 0.25) is 0 Å². The lowest BCUT2D eigenvalue weighted by molar-refractivity contribution is 0.101. The van der Waals surface area contributed by atoms with Crippen molar-refractivity contribution in [1.29, 1.82) is 0 Å². The molecule has 5 N–H and O–H groups in total. The Hall–Kier alpha value is -3.75. The summed E-state index contributed by atoms with van der Waals surface area (Å²) in [6.45, 7) is 1.74. The summed E-state index contributed by atoms with van der Waals surface area (Å²) in [7, 11) is -3.87. The molecule has 0 saturated carbocycles. The molecule has 1 atom stereocenters. The van der Waals surface area contributed by atoms with Crippen LogP contribution in [0, 0.1) is 0 Å². The lowest BCUT2D eigenvalue weighted by Gasteiger charge is -2.12. The van der Waals surface area contributed by atoms with E-state index in [9.17, 15) is 19.0 Å². The highest BCUT2D eigenvalue weighted by atomic mass is 32.1. The highest BCUT2D eigenvalue weighted by Gasteiger charge is 2.21. The van der Waals surface area contributed by atoms with E-state index >= 15 is 0 Å². The summed E-state index contributed by atoms with van der Waals surface area (Å²) >= 11 is 1.59. The van der Waals surface area contributed by atoms with Crippen LogP contribution in [0.5, 0.6) is 0 Å². The smallest absolute Gasteiger partial charge is 0.358 e.